The molecule has 0 saturated carbocycles. The summed E-state index contributed by atoms with van der Waals surface area (Å²) in [7, 11) is 0. The van der Waals surface area contributed by atoms with E-state index in [1.807, 2.05) is 0 Å². The molecule has 0 aliphatic carbocycles. The molecule has 0 aliphatic rings. The van der Waals surface area contributed by atoms with Crippen LogP contribution in [0.25, 0.3) is 0 Å². The largest absolute Gasteiger partial charge is 0.493 e. The number of pyridine rings is 1. The third-order valence-electron chi connectivity index (χ3n) is 0.649. The molecule has 2 nitrogen and oxygen atoms in total. The van der Waals surface area contributed by atoms with E-state index in [9.17, 15) is 0 Å². The summed E-state index contributed by atoms with van der Waals surface area (Å²) in [4.78, 5) is 3.53. The molecule has 0 saturated heterocycles. The van der Waals surface area contributed by atoms with Crippen molar-refractivity contribution in [3.63, 3.8) is 0 Å². The maximum Gasteiger partial charge on any atom is 0.210 e. The van der Waals surface area contributed by atoms with Crippen LogP contribution in [0.15, 0.2) is 24.4 Å². The number of halogens is 1. The molecule has 48 valence electrons. The monoisotopic (exact) mass is 179 g/mol. The summed E-state index contributed by atoms with van der Waals surface area (Å²) in [5, 5.41) is 8.52. The molecule has 0 amide bonds. The van der Waals surface area contributed by atoms with Crippen molar-refractivity contribution in [2.45, 2.75) is 0 Å². The maximum atomic E-state index is 8.52. The smallest absolute Gasteiger partial charge is 0.210 e. The number of aromatic nitrogens is 1. The number of rotatable bonds is 0. The molecular formula is C5H6ClNOTi. The topological polar surface area (TPSA) is 33.1 Å². The van der Waals surface area contributed by atoms with E-state index < -0.39 is 0 Å². The van der Waals surface area contributed by atoms with Crippen LogP contribution in [0.3, 0.4) is 0 Å². The van der Waals surface area contributed by atoms with Crippen LogP contribution in [0.2, 0.25) is 0 Å². The van der Waals surface area contributed by atoms with Gasteiger partial charge in [-0.2, -0.15) is 0 Å². The Morgan fingerprint density at radius 2 is 2.00 bits per heavy atom. The molecule has 1 aromatic heterocycles. The van der Waals surface area contributed by atoms with Crippen LogP contribution in [0.1, 0.15) is 0 Å². The number of hydrogen-bond acceptors (Lipinski definition) is 2. The fourth-order valence-electron chi connectivity index (χ4n) is 0.354. The van der Waals surface area contributed by atoms with Crippen molar-refractivity contribution >= 4 is 12.4 Å². The molecule has 1 heterocycles. The van der Waals surface area contributed by atoms with Crippen LogP contribution in [0.5, 0.6) is 5.88 Å². The zero-order valence-electron chi connectivity index (χ0n) is 4.61. The van der Waals surface area contributed by atoms with Crippen molar-refractivity contribution in [3.05, 3.63) is 24.4 Å². The summed E-state index contributed by atoms with van der Waals surface area (Å²) in [6.07, 6.45) is 1.54. The Hall–Kier alpha value is -0.0457. The molecule has 0 spiro atoms. The van der Waals surface area contributed by atoms with Gasteiger partial charge < -0.3 is 5.11 Å². The first kappa shape index (κ1) is 11.7. The normalized spacial score (nSPS) is 6.67. The van der Waals surface area contributed by atoms with Crippen molar-refractivity contribution < 1.29 is 26.8 Å². The van der Waals surface area contributed by atoms with Gasteiger partial charge in [-0.3, -0.25) is 0 Å². The van der Waals surface area contributed by atoms with Crippen LogP contribution >= 0.6 is 12.4 Å². The molecule has 0 bridgehead atoms. The Labute approximate surface area is 74.6 Å². The van der Waals surface area contributed by atoms with E-state index in [1.54, 1.807) is 12.1 Å². The van der Waals surface area contributed by atoms with Gasteiger partial charge in [-0.1, -0.05) is 6.07 Å². The van der Waals surface area contributed by atoms with Crippen LogP contribution in [0.4, 0.5) is 0 Å². The van der Waals surface area contributed by atoms with Crippen LogP contribution in [-0.4, -0.2) is 10.1 Å². The first-order chi connectivity index (χ1) is 3.39. The minimum Gasteiger partial charge on any atom is -0.493 e. The SMILES string of the molecule is Cl.Oc1ccccn1.[Ti]. The van der Waals surface area contributed by atoms with Crippen LogP contribution in [-0.2, 0) is 21.7 Å². The van der Waals surface area contributed by atoms with Gasteiger partial charge in [0.15, 0.2) is 0 Å². The second-order valence-electron chi connectivity index (χ2n) is 1.19. The Balaban J connectivity index is 0. The van der Waals surface area contributed by atoms with E-state index >= 15 is 0 Å². The average molecular weight is 179 g/mol. The summed E-state index contributed by atoms with van der Waals surface area (Å²) in [5.41, 5.74) is 0. The molecule has 1 rings (SSSR count). The Bertz CT molecular complexity index is 147. The van der Waals surface area contributed by atoms with Gasteiger partial charge in [-0.15, -0.1) is 12.4 Å². The van der Waals surface area contributed by atoms with Gasteiger partial charge in [-0.05, 0) is 6.07 Å². The maximum absolute atomic E-state index is 8.52. The van der Waals surface area contributed by atoms with Crippen LogP contribution < -0.4 is 0 Å². The van der Waals surface area contributed by atoms with E-state index in [0.29, 0.717) is 0 Å². The van der Waals surface area contributed by atoms with Gasteiger partial charge in [0.05, 0.1) is 0 Å². The molecule has 0 aliphatic heterocycles. The Morgan fingerprint density at radius 1 is 1.33 bits per heavy atom. The van der Waals surface area contributed by atoms with Crippen molar-refractivity contribution in [3.8, 4) is 5.88 Å². The number of hydrogen-bond donors (Lipinski definition) is 1. The summed E-state index contributed by atoms with van der Waals surface area (Å²) in [6.45, 7) is 0. The summed E-state index contributed by atoms with van der Waals surface area (Å²) < 4.78 is 0. The van der Waals surface area contributed by atoms with E-state index in [4.69, 9.17) is 5.11 Å². The van der Waals surface area contributed by atoms with Gasteiger partial charge in [-0.25, -0.2) is 4.98 Å². The molecule has 1 N–H and O–H groups in total. The molecule has 0 aromatic carbocycles. The Morgan fingerprint density at radius 3 is 2.22 bits per heavy atom. The van der Waals surface area contributed by atoms with E-state index in [1.165, 1.54) is 12.3 Å². The fraction of sp³-hybridized carbons (Fsp3) is 0. The van der Waals surface area contributed by atoms with Gasteiger partial charge >= 0.3 is 0 Å². The van der Waals surface area contributed by atoms with Crippen molar-refractivity contribution in [2.75, 3.05) is 0 Å². The van der Waals surface area contributed by atoms with Crippen molar-refractivity contribution in [1.29, 1.82) is 0 Å². The fourth-order valence-corrected chi connectivity index (χ4v) is 0.354. The van der Waals surface area contributed by atoms with E-state index in [-0.39, 0.29) is 40.0 Å². The first-order valence-corrected chi connectivity index (χ1v) is 1.99. The minimum absolute atomic E-state index is 0. The van der Waals surface area contributed by atoms with Gasteiger partial charge in [0.25, 0.3) is 0 Å². The summed E-state index contributed by atoms with van der Waals surface area (Å²) in [5.74, 6) is 0.0718. The zero-order valence-corrected chi connectivity index (χ0v) is 6.99. The predicted molar refractivity (Wildman–Crippen MR) is 33.1 cm³/mol. The van der Waals surface area contributed by atoms with Gasteiger partial charge in [0.1, 0.15) is 0 Å². The molecule has 0 unspecified atom stereocenters. The molecule has 9 heavy (non-hydrogen) atoms. The third kappa shape index (κ3) is 4.46. The molecule has 0 atom stereocenters. The molecule has 1 aromatic rings. The number of aromatic hydroxyl groups is 1. The average Bonchev–Trinajstić information content (AvgIpc) is 1.69. The minimum atomic E-state index is 0. The second kappa shape index (κ2) is 6.08. The van der Waals surface area contributed by atoms with Gasteiger partial charge in [0, 0.05) is 34.0 Å². The molecule has 4 heteroatoms. The van der Waals surface area contributed by atoms with E-state index in [0.717, 1.165) is 0 Å². The van der Waals surface area contributed by atoms with E-state index in [2.05, 4.69) is 4.98 Å². The van der Waals surface area contributed by atoms with Crippen molar-refractivity contribution in [2.24, 2.45) is 0 Å². The first-order valence-electron chi connectivity index (χ1n) is 1.99. The number of nitrogens with zero attached hydrogens (tertiary/aromatic N) is 1. The Kier molecular flexibility index (Phi) is 7.91. The quantitative estimate of drug-likeness (QED) is 0.607. The summed E-state index contributed by atoms with van der Waals surface area (Å²) >= 11 is 0. The predicted octanol–water partition coefficient (Wildman–Crippen LogP) is 1.21. The third-order valence-corrected chi connectivity index (χ3v) is 0.649. The zero-order chi connectivity index (χ0) is 5.11. The standard InChI is InChI=1S/C5H5NO.ClH.Ti/c7-5-3-1-2-4-6-5;;/h1-4H,(H,6,7);1H;. The molecule has 0 fully saturated rings. The van der Waals surface area contributed by atoms with Crippen LogP contribution in [0, 0.1) is 0 Å². The summed E-state index contributed by atoms with van der Waals surface area (Å²) in [6, 6.07) is 5.00. The molecule has 0 radical (unpaired) electrons. The van der Waals surface area contributed by atoms with Gasteiger partial charge in [0.2, 0.25) is 5.88 Å². The van der Waals surface area contributed by atoms with Crippen molar-refractivity contribution in [1.82, 2.24) is 4.98 Å². The molecular weight excluding hydrogens is 173 g/mol. The second-order valence-corrected chi connectivity index (χ2v) is 1.19.